The summed E-state index contributed by atoms with van der Waals surface area (Å²) in [6.07, 6.45) is 5.57. The average molecular weight is 347 g/mol. The monoisotopic (exact) mass is 346 g/mol. The van der Waals surface area contributed by atoms with Gasteiger partial charge < -0.3 is 0 Å². The van der Waals surface area contributed by atoms with Crippen LogP contribution in [-0.4, -0.2) is 57.2 Å². The van der Waals surface area contributed by atoms with E-state index in [1.54, 1.807) is 0 Å². The lowest BCUT2D eigenvalue weighted by atomic mass is 10.1. The second kappa shape index (κ2) is 9.80. The summed E-state index contributed by atoms with van der Waals surface area (Å²) in [5, 5.41) is 0. The van der Waals surface area contributed by atoms with Crippen LogP contribution in [0.15, 0.2) is 0 Å². The maximum atomic E-state index is 2.61. The molecule has 0 N–H and O–H groups in total. The summed E-state index contributed by atoms with van der Waals surface area (Å²) in [7, 11) is 0. The maximum absolute atomic E-state index is 2.61. The second-order valence-electron chi connectivity index (χ2n) is 8.30. The molecule has 1 rings (SSSR count). The van der Waals surface area contributed by atoms with Crippen molar-refractivity contribution in [1.82, 2.24) is 9.21 Å². The summed E-state index contributed by atoms with van der Waals surface area (Å²) < 4.78 is 3.02. The van der Waals surface area contributed by atoms with Gasteiger partial charge in [0.2, 0.25) is 0 Å². The number of unbranched alkanes of at least 4 members (excludes halogenated alkanes) is 3. The smallest absolute Gasteiger partial charge is 0.0218 e. The van der Waals surface area contributed by atoms with Crippen molar-refractivity contribution in [3.05, 3.63) is 0 Å². The van der Waals surface area contributed by atoms with Gasteiger partial charge in [0.25, 0.3) is 0 Å². The molecule has 22 heavy (non-hydrogen) atoms. The van der Waals surface area contributed by atoms with Gasteiger partial charge in [-0.25, -0.2) is 4.31 Å². The molecule has 0 saturated carbocycles. The molecular formula is C18H38N2S2. The van der Waals surface area contributed by atoms with Crippen molar-refractivity contribution in [1.29, 1.82) is 0 Å². The third kappa shape index (κ3) is 9.69. The minimum absolute atomic E-state index is 0.335. The third-order valence-corrected chi connectivity index (χ3v) is 6.60. The molecule has 1 heterocycles. The molecule has 0 bridgehead atoms. The summed E-state index contributed by atoms with van der Waals surface area (Å²) in [6, 6.07) is 0. The van der Waals surface area contributed by atoms with E-state index >= 15 is 0 Å². The van der Waals surface area contributed by atoms with Crippen LogP contribution in [0.5, 0.6) is 0 Å². The van der Waals surface area contributed by atoms with Crippen LogP contribution in [0, 0.1) is 0 Å². The van der Waals surface area contributed by atoms with Crippen molar-refractivity contribution < 1.29 is 0 Å². The Kier molecular flexibility index (Phi) is 9.21. The van der Waals surface area contributed by atoms with Crippen molar-refractivity contribution in [2.45, 2.75) is 77.5 Å². The molecule has 1 fully saturated rings. The fourth-order valence-electron chi connectivity index (χ4n) is 2.62. The lowest BCUT2D eigenvalue weighted by Gasteiger charge is -2.41. The van der Waals surface area contributed by atoms with E-state index < -0.39 is 0 Å². The van der Waals surface area contributed by atoms with E-state index in [1.165, 1.54) is 63.4 Å². The molecule has 0 atom stereocenters. The molecule has 4 heteroatoms. The Morgan fingerprint density at radius 1 is 0.727 bits per heavy atom. The largest absolute Gasteiger partial charge is 0.296 e. The van der Waals surface area contributed by atoms with Gasteiger partial charge in [-0.2, -0.15) is 11.8 Å². The van der Waals surface area contributed by atoms with E-state index in [-0.39, 0.29) is 0 Å². The molecule has 0 aliphatic carbocycles. The third-order valence-electron chi connectivity index (χ3n) is 4.03. The van der Waals surface area contributed by atoms with Crippen molar-refractivity contribution >= 4 is 23.7 Å². The molecule has 132 valence electrons. The lowest BCUT2D eigenvalue weighted by Crippen LogP contribution is -2.51. The second-order valence-corrected chi connectivity index (χ2v) is 11.4. The zero-order valence-corrected chi connectivity index (χ0v) is 17.4. The van der Waals surface area contributed by atoms with E-state index in [0.29, 0.717) is 10.3 Å². The molecule has 0 spiro atoms. The molecule has 0 unspecified atom stereocenters. The van der Waals surface area contributed by atoms with Crippen LogP contribution in [0.1, 0.15) is 67.2 Å². The number of hydrogen-bond acceptors (Lipinski definition) is 4. The predicted molar refractivity (Wildman–Crippen MR) is 106 cm³/mol. The van der Waals surface area contributed by atoms with Crippen LogP contribution >= 0.6 is 23.7 Å². The maximum Gasteiger partial charge on any atom is 0.0218 e. The van der Waals surface area contributed by atoms with Crippen LogP contribution in [0.25, 0.3) is 0 Å². The summed E-state index contributed by atoms with van der Waals surface area (Å²) >= 11 is 4.18. The Labute approximate surface area is 148 Å². The van der Waals surface area contributed by atoms with Gasteiger partial charge in [0, 0.05) is 42.2 Å². The summed E-state index contributed by atoms with van der Waals surface area (Å²) in [5.41, 5.74) is 0.335. The molecule has 0 aromatic heterocycles. The summed E-state index contributed by atoms with van der Waals surface area (Å²) in [6.45, 7) is 18.8. The Balaban J connectivity index is 1.94. The fraction of sp³-hybridized carbons (Fsp3) is 1.00. The van der Waals surface area contributed by atoms with Crippen LogP contribution in [0.3, 0.4) is 0 Å². The molecule has 0 aromatic rings. The standard InChI is InChI=1S/C18H38N2S2/c1-17(2,3)19-11-13-20(14-12-19)22-16-10-8-7-9-15-21-18(4,5)6/h7-16H2,1-6H3. The van der Waals surface area contributed by atoms with Gasteiger partial charge in [-0.3, -0.25) is 4.90 Å². The number of rotatable bonds is 8. The quantitative estimate of drug-likeness (QED) is 0.443. The Morgan fingerprint density at radius 3 is 1.77 bits per heavy atom. The van der Waals surface area contributed by atoms with Gasteiger partial charge in [0.05, 0.1) is 0 Å². The predicted octanol–water partition coefficient (Wildman–Crippen LogP) is 5.14. The van der Waals surface area contributed by atoms with Gasteiger partial charge in [0.1, 0.15) is 0 Å². The molecule has 0 amide bonds. The summed E-state index contributed by atoms with van der Waals surface area (Å²) in [4.78, 5) is 2.61. The van der Waals surface area contributed by atoms with E-state index in [0.717, 1.165) is 0 Å². The van der Waals surface area contributed by atoms with Gasteiger partial charge in [-0.05, 0) is 39.4 Å². The van der Waals surface area contributed by atoms with Crippen molar-refractivity contribution in [3.8, 4) is 0 Å². The van der Waals surface area contributed by atoms with Crippen molar-refractivity contribution in [2.24, 2.45) is 0 Å². The highest BCUT2D eigenvalue weighted by Crippen LogP contribution is 2.25. The van der Waals surface area contributed by atoms with Gasteiger partial charge in [-0.15, -0.1) is 0 Å². The van der Waals surface area contributed by atoms with E-state index in [2.05, 4.69) is 74.5 Å². The van der Waals surface area contributed by atoms with Crippen LogP contribution in [0.4, 0.5) is 0 Å². The van der Waals surface area contributed by atoms with Gasteiger partial charge >= 0.3 is 0 Å². The van der Waals surface area contributed by atoms with Crippen LogP contribution in [-0.2, 0) is 0 Å². The van der Waals surface area contributed by atoms with E-state index in [9.17, 15) is 0 Å². The normalized spacial score (nSPS) is 18.8. The number of hydrogen-bond donors (Lipinski definition) is 0. The Morgan fingerprint density at radius 2 is 1.27 bits per heavy atom. The highest BCUT2D eigenvalue weighted by molar-refractivity contribution is 8.00. The molecule has 0 aromatic carbocycles. The molecular weight excluding hydrogens is 308 g/mol. The highest BCUT2D eigenvalue weighted by Gasteiger charge is 2.25. The van der Waals surface area contributed by atoms with Crippen molar-refractivity contribution in [2.75, 3.05) is 37.7 Å². The lowest BCUT2D eigenvalue weighted by molar-refractivity contribution is 0.0957. The van der Waals surface area contributed by atoms with Crippen molar-refractivity contribution in [3.63, 3.8) is 0 Å². The SMILES string of the molecule is CC(C)(C)SCCCCCCSN1CCN(C(C)(C)C)CC1. The molecule has 2 nitrogen and oxygen atoms in total. The Hall–Kier alpha value is 0.620. The summed E-state index contributed by atoms with van der Waals surface area (Å²) in [5.74, 6) is 2.63. The molecule has 1 aliphatic heterocycles. The minimum Gasteiger partial charge on any atom is -0.296 e. The molecule has 1 saturated heterocycles. The van der Waals surface area contributed by atoms with E-state index in [1.807, 2.05) is 0 Å². The average Bonchev–Trinajstić information content (AvgIpc) is 2.40. The van der Waals surface area contributed by atoms with Gasteiger partial charge in [-0.1, -0.05) is 45.6 Å². The number of thioether (sulfide) groups is 1. The first kappa shape index (κ1) is 20.7. The highest BCUT2D eigenvalue weighted by atomic mass is 32.2. The molecule has 0 radical (unpaired) electrons. The van der Waals surface area contributed by atoms with Gasteiger partial charge in [0.15, 0.2) is 0 Å². The number of nitrogens with zero attached hydrogens (tertiary/aromatic N) is 2. The zero-order valence-electron chi connectivity index (χ0n) is 15.8. The topological polar surface area (TPSA) is 6.48 Å². The minimum atomic E-state index is 0.335. The number of piperazine rings is 1. The first-order valence-corrected chi connectivity index (χ1v) is 10.9. The van der Waals surface area contributed by atoms with Crippen LogP contribution < -0.4 is 0 Å². The zero-order chi connectivity index (χ0) is 16.6. The molecule has 1 aliphatic rings. The fourth-order valence-corrected chi connectivity index (χ4v) is 4.59. The van der Waals surface area contributed by atoms with E-state index in [4.69, 9.17) is 0 Å². The first-order chi connectivity index (χ1) is 10.2. The Bertz CT molecular complexity index is 286. The van der Waals surface area contributed by atoms with Crippen LogP contribution in [0.2, 0.25) is 0 Å². The first-order valence-electron chi connectivity index (χ1n) is 8.95.